The number of hydrogen-bond acceptors (Lipinski definition) is 13. The van der Waals surface area contributed by atoms with Crippen LogP contribution in [0.4, 0.5) is 0 Å². The predicted molar refractivity (Wildman–Crippen MR) is 320 cm³/mol. The number of benzene rings is 8. The molecular weight excluding hydrogens is 987 g/mol. The monoisotopic (exact) mass is 1030 g/mol. The third-order valence-corrected chi connectivity index (χ3v) is 13.1. The van der Waals surface area contributed by atoms with Crippen molar-refractivity contribution in [3.63, 3.8) is 0 Å². The van der Waals surface area contributed by atoms with Gasteiger partial charge in [0.15, 0.2) is 0 Å². The number of fused-ring (bicyclic) bond motifs is 8. The van der Waals surface area contributed by atoms with Crippen molar-refractivity contribution < 1.29 is 0 Å². The standard InChI is InChI=1S/C33H19N7.2C9H7N.2C8H6N2/c1-4-10-23-20(7-1)17-18-34-32(23)30-24(27-15-13-21-8-2-5-11-25(21)35-27)14-16-28-31(30)33(39-40-38-28)29-19-22-9-3-6-12-26(22)36-37-29;1-2-6-9-8(4-1)5-3-7-10-9;1-2-4-9-7-10-6-5-8(9)3-1;1-2-4-8-7(3-1)5-9-6-10-8;1-2-4-8-7(3-1)5-6-9-10-8/h1-19H;2*1-7H;2*1-6H. The molecule has 8 heterocycles. The van der Waals surface area contributed by atoms with Crippen molar-refractivity contribution in [3.8, 4) is 33.9 Å². The van der Waals surface area contributed by atoms with Gasteiger partial charge in [-0.3, -0.25) is 15.0 Å². The van der Waals surface area contributed by atoms with Crippen LogP contribution in [0.5, 0.6) is 0 Å². The fraction of sp³-hybridized carbons (Fsp3) is 0. The summed E-state index contributed by atoms with van der Waals surface area (Å²) in [6, 6.07) is 76.5. The van der Waals surface area contributed by atoms with E-state index in [9.17, 15) is 0 Å². The maximum absolute atomic E-state index is 5.05. The van der Waals surface area contributed by atoms with Gasteiger partial charge >= 0.3 is 0 Å². The zero-order valence-electron chi connectivity index (χ0n) is 42.8. The Balaban J connectivity index is 0.000000126. The largest absolute Gasteiger partial charge is 0.264 e. The highest BCUT2D eigenvalue weighted by atomic mass is 15.3. The maximum Gasteiger partial charge on any atom is 0.125 e. The summed E-state index contributed by atoms with van der Waals surface area (Å²) in [6.07, 6.45) is 12.4. The van der Waals surface area contributed by atoms with Crippen LogP contribution in [0.15, 0.2) is 274 Å². The quantitative estimate of drug-likeness (QED) is 0.164. The van der Waals surface area contributed by atoms with Crippen molar-refractivity contribution in [2.24, 2.45) is 0 Å². The van der Waals surface area contributed by atoms with Crippen molar-refractivity contribution in [1.82, 2.24) is 65.7 Å². The Morgan fingerprint density at radius 1 is 0.287 bits per heavy atom. The number of pyridine rings is 4. The van der Waals surface area contributed by atoms with Gasteiger partial charge in [-0.1, -0.05) is 152 Å². The van der Waals surface area contributed by atoms with Gasteiger partial charge in [-0.15, -0.1) is 20.4 Å². The average molecular weight is 1030 g/mol. The van der Waals surface area contributed by atoms with Crippen molar-refractivity contribution in [1.29, 1.82) is 0 Å². The molecule has 8 aromatic heterocycles. The fourth-order valence-corrected chi connectivity index (χ4v) is 9.25. The summed E-state index contributed by atoms with van der Waals surface area (Å²) in [5.74, 6) is 0. The molecule has 0 saturated carbocycles. The molecule has 80 heavy (non-hydrogen) atoms. The number of para-hydroxylation sites is 3. The highest BCUT2D eigenvalue weighted by molar-refractivity contribution is 6.12. The van der Waals surface area contributed by atoms with Crippen LogP contribution < -0.4 is 0 Å². The van der Waals surface area contributed by atoms with Crippen molar-refractivity contribution in [3.05, 3.63) is 274 Å². The van der Waals surface area contributed by atoms with E-state index in [1.54, 1.807) is 12.5 Å². The summed E-state index contributed by atoms with van der Waals surface area (Å²) in [6.45, 7) is 0. The zero-order chi connectivity index (χ0) is 53.7. The van der Waals surface area contributed by atoms with Crippen LogP contribution in [0.1, 0.15) is 0 Å². The van der Waals surface area contributed by atoms with E-state index >= 15 is 0 Å². The van der Waals surface area contributed by atoms with E-state index in [0.29, 0.717) is 16.9 Å². The smallest absolute Gasteiger partial charge is 0.125 e. The second kappa shape index (κ2) is 23.7. The topological polar surface area (TPSA) is 168 Å². The molecule has 16 rings (SSSR count). The van der Waals surface area contributed by atoms with Crippen molar-refractivity contribution in [2.75, 3.05) is 0 Å². The molecule has 0 aliphatic carbocycles. The molecule has 0 N–H and O–H groups in total. The highest BCUT2D eigenvalue weighted by Gasteiger charge is 2.22. The lowest BCUT2D eigenvalue weighted by molar-refractivity contribution is 0.894. The molecule has 0 saturated heterocycles. The lowest BCUT2D eigenvalue weighted by atomic mass is 9.92. The predicted octanol–water partition coefficient (Wildman–Crippen LogP) is 14.8. The van der Waals surface area contributed by atoms with E-state index in [0.717, 1.165) is 87.8 Å². The summed E-state index contributed by atoms with van der Waals surface area (Å²) in [5, 5.41) is 40.6. The molecule has 0 fully saturated rings. The summed E-state index contributed by atoms with van der Waals surface area (Å²) < 4.78 is 0. The van der Waals surface area contributed by atoms with Gasteiger partial charge in [0.05, 0.1) is 50.7 Å². The molecule has 0 spiro atoms. The molecule has 13 heteroatoms. The molecule has 0 aliphatic rings. The number of hydrogen-bond donors (Lipinski definition) is 0. The Morgan fingerprint density at radius 3 is 1.65 bits per heavy atom. The van der Waals surface area contributed by atoms with Gasteiger partial charge in [0.2, 0.25) is 0 Å². The van der Waals surface area contributed by atoms with Crippen molar-refractivity contribution in [2.45, 2.75) is 0 Å². The second-order valence-corrected chi connectivity index (χ2v) is 18.2. The van der Waals surface area contributed by atoms with Gasteiger partial charge in [0.25, 0.3) is 0 Å². The highest BCUT2D eigenvalue weighted by Crippen LogP contribution is 2.42. The van der Waals surface area contributed by atoms with Crippen LogP contribution in [-0.4, -0.2) is 65.7 Å². The van der Waals surface area contributed by atoms with Crippen LogP contribution >= 0.6 is 0 Å². The number of nitrogens with zero attached hydrogens (tertiary/aromatic N) is 13. The molecule has 16 aromatic rings. The summed E-state index contributed by atoms with van der Waals surface area (Å²) in [4.78, 5) is 26.1. The molecule has 0 radical (unpaired) electrons. The Kier molecular flexibility index (Phi) is 14.7. The van der Waals surface area contributed by atoms with Gasteiger partial charge in [-0.2, -0.15) is 10.2 Å². The Hall–Kier alpha value is -11.3. The van der Waals surface area contributed by atoms with Crippen LogP contribution in [0.2, 0.25) is 0 Å². The molecule has 13 nitrogen and oxygen atoms in total. The number of rotatable bonds is 3. The summed E-state index contributed by atoms with van der Waals surface area (Å²) >= 11 is 0. The minimum absolute atomic E-state index is 0.593. The molecule has 378 valence electrons. The minimum Gasteiger partial charge on any atom is -0.264 e. The third kappa shape index (κ3) is 11.1. The van der Waals surface area contributed by atoms with E-state index in [1.807, 2.05) is 207 Å². The lowest BCUT2D eigenvalue weighted by Gasteiger charge is -2.16. The minimum atomic E-state index is 0.593. The number of aromatic nitrogens is 13. The average Bonchev–Trinajstić information content (AvgIpc) is 3.56. The Morgan fingerprint density at radius 2 is 0.887 bits per heavy atom. The molecule has 8 aromatic carbocycles. The van der Waals surface area contributed by atoms with Gasteiger partial charge in [-0.25, -0.2) is 15.0 Å². The fourth-order valence-electron chi connectivity index (χ4n) is 9.25. The SMILES string of the molecule is c1ccc2cnccc2c1.c1ccc2ncccc2c1.c1ccc2ncncc2c1.c1ccc2nnc(-c3nnnc4ccc(-c5ccc6ccccc6n5)c(-c5nccc6ccccc56)c34)cc2c1.c1ccc2nnccc2c1. The molecular formula is C67H45N13. The molecule has 0 amide bonds. The molecule has 0 atom stereocenters. The van der Waals surface area contributed by atoms with Crippen LogP contribution in [0.25, 0.3) is 121 Å². The Labute approximate surface area is 458 Å². The Bertz CT molecular complexity index is 4240. The zero-order valence-corrected chi connectivity index (χ0v) is 42.8. The summed E-state index contributed by atoms with van der Waals surface area (Å²) in [7, 11) is 0. The first-order valence-corrected chi connectivity index (χ1v) is 25.7. The van der Waals surface area contributed by atoms with E-state index < -0.39 is 0 Å². The van der Waals surface area contributed by atoms with Gasteiger partial charge in [-0.05, 0) is 100 Å². The van der Waals surface area contributed by atoms with Gasteiger partial charge < -0.3 is 0 Å². The summed E-state index contributed by atoms with van der Waals surface area (Å²) in [5.41, 5.74) is 10.1. The third-order valence-electron chi connectivity index (χ3n) is 13.1. The molecule has 0 bridgehead atoms. The van der Waals surface area contributed by atoms with Crippen LogP contribution in [0.3, 0.4) is 0 Å². The molecule has 0 aliphatic heterocycles. The second-order valence-electron chi connectivity index (χ2n) is 18.2. The normalized spacial score (nSPS) is 10.8. The first-order chi connectivity index (χ1) is 39.7. The van der Waals surface area contributed by atoms with E-state index in [1.165, 1.54) is 16.2 Å². The van der Waals surface area contributed by atoms with Crippen molar-refractivity contribution >= 4 is 87.0 Å². The van der Waals surface area contributed by atoms with E-state index in [-0.39, 0.29) is 0 Å². The van der Waals surface area contributed by atoms with Crippen LogP contribution in [-0.2, 0) is 0 Å². The van der Waals surface area contributed by atoms with E-state index in [2.05, 4.69) is 110 Å². The van der Waals surface area contributed by atoms with Gasteiger partial charge in [0.1, 0.15) is 17.7 Å². The van der Waals surface area contributed by atoms with Gasteiger partial charge in [0, 0.05) is 79.8 Å². The van der Waals surface area contributed by atoms with E-state index in [4.69, 9.17) is 9.97 Å². The lowest BCUT2D eigenvalue weighted by Crippen LogP contribution is -2.01. The van der Waals surface area contributed by atoms with Crippen LogP contribution in [0, 0.1) is 0 Å². The maximum atomic E-state index is 5.05. The first-order valence-electron chi connectivity index (χ1n) is 25.7. The first kappa shape index (κ1) is 49.6. The molecule has 0 unspecified atom stereocenters.